The minimum atomic E-state index is -0.0878. The SMILES string of the molecule is O=C(/C=C/c1ccc2c(c1)OCCO2)NCC1(c2ccncc2)CC1. The minimum Gasteiger partial charge on any atom is -0.486 e. The van der Waals surface area contributed by atoms with E-state index in [2.05, 4.69) is 10.3 Å². The molecule has 1 amide bonds. The van der Waals surface area contributed by atoms with E-state index in [4.69, 9.17) is 9.47 Å². The van der Waals surface area contributed by atoms with Crippen molar-refractivity contribution in [3.8, 4) is 11.5 Å². The summed E-state index contributed by atoms with van der Waals surface area (Å²) < 4.78 is 11.1. The summed E-state index contributed by atoms with van der Waals surface area (Å²) in [6, 6.07) is 9.73. The normalized spacial score (nSPS) is 17.3. The summed E-state index contributed by atoms with van der Waals surface area (Å²) in [6.45, 7) is 1.78. The van der Waals surface area contributed by atoms with Crippen LogP contribution in [0.3, 0.4) is 0 Å². The van der Waals surface area contributed by atoms with E-state index in [-0.39, 0.29) is 11.3 Å². The fourth-order valence-electron chi connectivity index (χ4n) is 3.07. The molecule has 1 aliphatic carbocycles. The van der Waals surface area contributed by atoms with E-state index >= 15 is 0 Å². The lowest BCUT2D eigenvalue weighted by Crippen LogP contribution is -2.31. The molecule has 1 fully saturated rings. The number of benzene rings is 1. The first-order chi connectivity index (χ1) is 12.3. The molecule has 1 aromatic carbocycles. The second-order valence-electron chi connectivity index (χ2n) is 6.47. The highest BCUT2D eigenvalue weighted by Crippen LogP contribution is 2.47. The van der Waals surface area contributed by atoms with Crippen molar-refractivity contribution in [2.45, 2.75) is 18.3 Å². The molecule has 0 spiro atoms. The Hall–Kier alpha value is -2.82. The number of nitrogens with one attached hydrogen (secondary N) is 1. The molecule has 4 rings (SSSR count). The molecule has 2 aromatic rings. The van der Waals surface area contributed by atoms with Gasteiger partial charge in [0.25, 0.3) is 0 Å². The van der Waals surface area contributed by atoms with Gasteiger partial charge in [0.05, 0.1) is 0 Å². The third kappa shape index (κ3) is 3.50. The van der Waals surface area contributed by atoms with Gasteiger partial charge in [-0.15, -0.1) is 0 Å². The summed E-state index contributed by atoms with van der Waals surface area (Å²) in [7, 11) is 0. The number of amides is 1. The molecule has 0 radical (unpaired) electrons. The molecule has 0 bridgehead atoms. The lowest BCUT2D eigenvalue weighted by Gasteiger charge is -2.18. The number of hydrogen-bond acceptors (Lipinski definition) is 4. The maximum Gasteiger partial charge on any atom is 0.244 e. The van der Waals surface area contributed by atoms with Crippen molar-refractivity contribution < 1.29 is 14.3 Å². The molecule has 2 aliphatic rings. The number of nitrogens with zero attached hydrogens (tertiary/aromatic N) is 1. The van der Waals surface area contributed by atoms with Crippen LogP contribution in [0.15, 0.2) is 48.8 Å². The van der Waals surface area contributed by atoms with E-state index in [1.165, 1.54) is 5.56 Å². The molecule has 0 saturated heterocycles. The summed E-state index contributed by atoms with van der Waals surface area (Å²) in [5.41, 5.74) is 2.25. The van der Waals surface area contributed by atoms with Crippen molar-refractivity contribution in [1.29, 1.82) is 0 Å². The van der Waals surface area contributed by atoms with Gasteiger partial charge in [0, 0.05) is 30.4 Å². The van der Waals surface area contributed by atoms with Gasteiger partial charge in [-0.05, 0) is 54.3 Å². The fourth-order valence-corrected chi connectivity index (χ4v) is 3.07. The van der Waals surface area contributed by atoms with Crippen LogP contribution in [0.25, 0.3) is 6.08 Å². The molecule has 25 heavy (non-hydrogen) atoms. The molecule has 5 heteroatoms. The number of pyridine rings is 1. The van der Waals surface area contributed by atoms with E-state index < -0.39 is 0 Å². The molecule has 1 aliphatic heterocycles. The van der Waals surface area contributed by atoms with Gasteiger partial charge in [0.2, 0.25) is 5.91 Å². The van der Waals surface area contributed by atoms with E-state index in [9.17, 15) is 4.79 Å². The zero-order chi connectivity index (χ0) is 17.1. The van der Waals surface area contributed by atoms with Gasteiger partial charge in [0.1, 0.15) is 13.2 Å². The smallest absolute Gasteiger partial charge is 0.244 e. The predicted molar refractivity (Wildman–Crippen MR) is 94.6 cm³/mol. The van der Waals surface area contributed by atoms with Crippen LogP contribution >= 0.6 is 0 Å². The number of aromatic nitrogens is 1. The zero-order valence-electron chi connectivity index (χ0n) is 13.9. The second kappa shape index (κ2) is 6.59. The highest BCUT2D eigenvalue weighted by molar-refractivity contribution is 5.91. The number of carbonyl (C=O) groups excluding carboxylic acids is 1. The third-order valence-electron chi connectivity index (χ3n) is 4.74. The van der Waals surface area contributed by atoms with Crippen LogP contribution in [-0.2, 0) is 10.2 Å². The monoisotopic (exact) mass is 336 g/mol. The van der Waals surface area contributed by atoms with E-state index in [0.717, 1.165) is 29.9 Å². The Morgan fingerprint density at radius 2 is 1.88 bits per heavy atom. The number of ether oxygens (including phenoxy) is 2. The van der Waals surface area contributed by atoms with Gasteiger partial charge < -0.3 is 14.8 Å². The summed E-state index contributed by atoms with van der Waals surface area (Å²) in [6.07, 6.45) is 9.16. The predicted octanol–water partition coefficient (Wildman–Crippen LogP) is 2.71. The Bertz CT molecular complexity index is 798. The Morgan fingerprint density at radius 1 is 1.12 bits per heavy atom. The molecule has 1 N–H and O–H groups in total. The molecule has 5 nitrogen and oxygen atoms in total. The maximum atomic E-state index is 12.1. The van der Waals surface area contributed by atoms with Crippen LogP contribution in [0.5, 0.6) is 11.5 Å². The van der Waals surface area contributed by atoms with Crippen LogP contribution in [0.1, 0.15) is 24.0 Å². The molecule has 128 valence electrons. The number of fused-ring (bicyclic) bond motifs is 1. The fraction of sp³-hybridized carbons (Fsp3) is 0.300. The summed E-state index contributed by atoms with van der Waals surface area (Å²) in [5.74, 6) is 1.39. The molecule has 1 saturated carbocycles. The first-order valence-corrected chi connectivity index (χ1v) is 8.51. The molecule has 0 unspecified atom stereocenters. The second-order valence-corrected chi connectivity index (χ2v) is 6.47. The van der Waals surface area contributed by atoms with Crippen LogP contribution < -0.4 is 14.8 Å². The average Bonchev–Trinajstić information content (AvgIpc) is 3.46. The largest absolute Gasteiger partial charge is 0.486 e. The summed E-state index contributed by atoms with van der Waals surface area (Å²) in [4.78, 5) is 16.2. The lowest BCUT2D eigenvalue weighted by molar-refractivity contribution is -0.116. The van der Waals surface area contributed by atoms with Crippen LogP contribution in [0, 0.1) is 0 Å². The number of hydrogen-bond donors (Lipinski definition) is 1. The number of carbonyl (C=O) groups is 1. The molecule has 0 atom stereocenters. The minimum absolute atomic E-state index is 0.0867. The Kier molecular flexibility index (Phi) is 4.14. The Morgan fingerprint density at radius 3 is 2.64 bits per heavy atom. The molecular formula is C20H20N2O3. The van der Waals surface area contributed by atoms with Gasteiger partial charge in [-0.25, -0.2) is 0 Å². The topological polar surface area (TPSA) is 60.5 Å². The highest BCUT2D eigenvalue weighted by Gasteiger charge is 2.44. The van der Waals surface area contributed by atoms with E-state index in [1.807, 2.05) is 30.3 Å². The van der Waals surface area contributed by atoms with Crippen molar-refractivity contribution in [1.82, 2.24) is 10.3 Å². The average molecular weight is 336 g/mol. The van der Waals surface area contributed by atoms with Gasteiger partial charge in [-0.2, -0.15) is 0 Å². The van der Waals surface area contributed by atoms with Crippen molar-refractivity contribution in [3.63, 3.8) is 0 Å². The quantitative estimate of drug-likeness (QED) is 0.853. The maximum absolute atomic E-state index is 12.1. The van der Waals surface area contributed by atoms with Crippen LogP contribution in [0.2, 0.25) is 0 Å². The molecule has 2 heterocycles. The van der Waals surface area contributed by atoms with Crippen molar-refractivity contribution >= 4 is 12.0 Å². The standard InChI is InChI=1S/C20H20N2O3/c23-19(22-14-20(7-8-20)16-5-9-21-10-6-16)4-2-15-1-3-17-18(13-15)25-12-11-24-17/h1-6,9-10,13H,7-8,11-12,14H2,(H,22,23)/b4-2+. The van der Waals surface area contributed by atoms with Gasteiger partial charge in [-0.3, -0.25) is 9.78 Å². The van der Waals surface area contributed by atoms with Gasteiger partial charge in [-0.1, -0.05) is 6.07 Å². The highest BCUT2D eigenvalue weighted by atomic mass is 16.6. The van der Waals surface area contributed by atoms with Gasteiger partial charge >= 0.3 is 0 Å². The summed E-state index contributed by atoms with van der Waals surface area (Å²) in [5, 5.41) is 3.01. The summed E-state index contributed by atoms with van der Waals surface area (Å²) >= 11 is 0. The van der Waals surface area contributed by atoms with Gasteiger partial charge in [0.15, 0.2) is 11.5 Å². The van der Waals surface area contributed by atoms with Crippen molar-refractivity contribution in [3.05, 3.63) is 59.9 Å². The van der Waals surface area contributed by atoms with E-state index in [1.54, 1.807) is 24.5 Å². The van der Waals surface area contributed by atoms with Crippen molar-refractivity contribution in [2.24, 2.45) is 0 Å². The molecule has 1 aromatic heterocycles. The van der Waals surface area contributed by atoms with Crippen LogP contribution in [0.4, 0.5) is 0 Å². The first-order valence-electron chi connectivity index (χ1n) is 8.51. The Labute approximate surface area is 146 Å². The number of rotatable bonds is 5. The van der Waals surface area contributed by atoms with Crippen LogP contribution in [-0.4, -0.2) is 30.6 Å². The first kappa shape index (κ1) is 15.7. The third-order valence-corrected chi connectivity index (χ3v) is 4.74. The zero-order valence-corrected chi connectivity index (χ0v) is 13.9. The lowest BCUT2D eigenvalue weighted by atomic mass is 9.97. The van der Waals surface area contributed by atoms with Crippen molar-refractivity contribution in [2.75, 3.05) is 19.8 Å². The van der Waals surface area contributed by atoms with E-state index in [0.29, 0.717) is 19.8 Å². The Balaban J connectivity index is 1.35. The molecular weight excluding hydrogens is 316 g/mol.